The predicted molar refractivity (Wildman–Crippen MR) is 179 cm³/mol. The Bertz CT molecular complexity index is 1890. The molecule has 0 saturated heterocycles. The molecule has 0 amide bonds. The van der Waals surface area contributed by atoms with Gasteiger partial charge in [-0.3, -0.25) is 6.08 Å². The van der Waals surface area contributed by atoms with E-state index >= 15 is 0 Å². The van der Waals surface area contributed by atoms with Gasteiger partial charge in [0.2, 0.25) is 0 Å². The minimum atomic E-state index is 0. The Morgan fingerprint density at radius 3 is 1.41 bits per heavy atom. The van der Waals surface area contributed by atoms with Crippen molar-refractivity contribution in [2.45, 2.75) is 19.3 Å². The van der Waals surface area contributed by atoms with Crippen LogP contribution in [0.5, 0.6) is 0 Å². The standard InChI is InChI=1S/C23H18.C13H9.C5H5.2ClH.Zr/c1-3-16-22-18(8-1)10-5-12-20(22)14-7-15-21-13-6-11-19-9-2-4-17-23(19)21;1-3-7-12-10(5-1)9-11-6-2-4-8-13(11)12;1-2-4-5-3-1;;;/h1-6,8-13,16-17H,14-15H2;1-9H;1-3H,4H2;2*1H;/q;2*-1;;;+2/p-2. The minimum absolute atomic E-state index is 0. The van der Waals surface area contributed by atoms with Gasteiger partial charge < -0.3 is 24.8 Å². The number of hydrogen-bond acceptors (Lipinski definition) is 0. The Morgan fingerprint density at radius 2 is 0.977 bits per heavy atom. The molecule has 0 N–H and O–H groups in total. The van der Waals surface area contributed by atoms with Gasteiger partial charge in [0, 0.05) is 0 Å². The van der Waals surface area contributed by atoms with Crippen LogP contribution in [0.2, 0.25) is 0 Å². The molecule has 0 unspecified atom stereocenters. The summed E-state index contributed by atoms with van der Waals surface area (Å²) < 4.78 is 1.59. The molecule has 216 valence electrons. The molecular weight excluding hydrogens is 655 g/mol. The van der Waals surface area contributed by atoms with Crippen molar-refractivity contribution in [1.29, 1.82) is 0 Å². The Kier molecular flexibility index (Phi) is 12.6. The fourth-order valence-corrected chi connectivity index (χ4v) is 6.60. The van der Waals surface area contributed by atoms with Gasteiger partial charge in [-0.05, 0) is 0 Å². The summed E-state index contributed by atoms with van der Waals surface area (Å²) in [6, 6.07) is 50.0. The van der Waals surface area contributed by atoms with Crippen LogP contribution in [0.4, 0.5) is 0 Å². The largest absolute Gasteiger partial charge is 0.126 e. The predicted octanol–water partition coefficient (Wildman–Crippen LogP) is 4.52. The minimum Gasteiger partial charge on any atom is -0.126 e. The monoisotopic (exact) mass is 684 g/mol. The fourth-order valence-electron chi connectivity index (χ4n) is 5.66. The van der Waals surface area contributed by atoms with Crippen LogP contribution in [-0.2, 0) is 37.1 Å². The molecule has 0 aliphatic heterocycles. The summed E-state index contributed by atoms with van der Waals surface area (Å²) in [4.78, 5) is 0. The van der Waals surface area contributed by atoms with Gasteiger partial charge in [-0.2, -0.15) is 6.08 Å². The van der Waals surface area contributed by atoms with Crippen molar-refractivity contribution in [2.24, 2.45) is 0 Å². The maximum atomic E-state index is 2.99. The van der Waals surface area contributed by atoms with Crippen LogP contribution in [0.15, 0.2) is 158 Å². The third kappa shape index (κ3) is 8.16. The van der Waals surface area contributed by atoms with E-state index < -0.39 is 0 Å². The van der Waals surface area contributed by atoms with E-state index in [0.717, 1.165) is 19.3 Å². The zero-order valence-electron chi connectivity index (χ0n) is 24.4. The molecule has 0 spiro atoms. The first-order chi connectivity index (χ1) is 20.8. The number of fused-ring (bicyclic) bond motifs is 5. The van der Waals surface area contributed by atoms with Crippen molar-refractivity contribution < 1.29 is 49.0 Å². The van der Waals surface area contributed by atoms with Crippen LogP contribution >= 0.6 is 0 Å². The van der Waals surface area contributed by atoms with Crippen LogP contribution in [0.25, 0.3) is 43.1 Å². The second-order valence-electron chi connectivity index (χ2n) is 10.6. The molecule has 0 heterocycles. The number of halogens is 2. The van der Waals surface area contributed by atoms with Gasteiger partial charge in [0.1, 0.15) is 0 Å². The first kappa shape index (κ1) is 33.4. The molecular formula is C41H32Cl2Zr-2. The fraction of sp³-hybridized carbons (Fsp3) is 0.0732. The molecule has 0 nitrogen and oxygen atoms in total. The molecule has 7 aromatic carbocycles. The molecule has 3 heteroatoms. The Morgan fingerprint density at radius 1 is 0.545 bits per heavy atom. The number of allylic oxidation sites excluding steroid dienone is 4. The van der Waals surface area contributed by atoms with Crippen LogP contribution in [0, 0.1) is 6.08 Å². The molecule has 8 rings (SSSR count). The van der Waals surface area contributed by atoms with Gasteiger partial charge in [0.15, 0.2) is 0 Å². The summed E-state index contributed by atoms with van der Waals surface area (Å²) >= 11 is 1.53. The van der Waals surface area contributed by atoms with Gasteiger partial charge in [0.25, 0.3) is 0 Å². The summed E-state index contributed by atoms with van der Waals surface area (Å²) in [6.45, 7) is 0. The van der Waals surface area contributed by atoms with E-state index in [2.05, 4.69) is 152 Å². The van der Waals surface area contributed by atoms with E-state index in [-0.39, 0.29) is 24.8 Å². The summed E-state index contributed by atoms with van der Waals surface area (Å²) in [5.74, 6) is 0. The van der Waals surface area contributed by atoms with Crippen molar-refractivity contribution in [3.63, 3.8) is 0 Å². The van der Waals surface area contributed by atoms with Gasteiger partial charge in [-0.25, -0.2) is 12.2 Å². The molecule has 0 aromatic heterocycles. The quantitative estimate of drug-likeness (QED) is 0.239. The van der Waals surface area contributed by atoms with Gasteiger partial charge in [0.05, 0.1) is 0 Å². The Hall–Kier alpha value is -3.48. The zero-order chi connectivity index (χ0) is 28.6. The molecule has 0 fully saturated rings. The zero-order valence-corrected chi connectivity index (χ0v) is 28.4. The van der Waals surface area contributed by atoms with E-state index in [0.29, 0.717) is 0 Å². The van der Waals surface area contributed by atoms with Crippen molar-refractivity contribution >= 4 is 46.3 Å². The van der Waals surface area contributed by atoms with Crippen LogP contribution in [-0.4, -0.2) is 3.21 Å². The number of benzene rings is 6. The second-order valence-corrected chi connectivity index (χ2v) is 12.3. The summed E-state index contributed by atoms with van der Waals surface area (Å²) in [7, 11) is 0. The van der Waals surface area contributed by atoms with Crippen molar-refractivity contribution in [1.82, 2.24) is 0 Å². The van der Waals surface area contributed by atoms with Crippen LogP contribution in [0.1, 0.15) is 17.5 Å². The average molecular weight is 687 g/mol. The molecule has 0 radical (unpaired) electrons. The van der Waals surface area contributed by atoms with Crippen molar-refractivity contribution in [3.8, 4) is 0 Å². The van der Waals surface area contributed by atoms with Crippen LogP contribution in [0.3, 0.4) is 0 Å². The number of rotatable bonds is 4. The first-order valence-corrected chi connectivity index (χ1v) is 15.7. The Labute approximate surface area is 287 Å². The second kappa shape index (κ2) is 16.6. The molecule has 0 bridgehead atoms. The average Bonchev–Trinajstić information content (AvgIpc) is 3.74. The Balaban J connectivity index is 0.000000184. The SMILES string of the molecule is [C-]1=CC=CC1.[Cl-].[Cl-].[Zr+2]=[C](Cc1cccc2ccccc12)Cc1cccc2ccccc12.c1ccc2c(c1)[cH-]c1ccccc12. The van der Waals surface area contributed by atoms with Crippen molar-refractivity contribution in [2.75, 3.05) is 0 Å². The van der Waals surface area contributed by atoms with Crippen LogP contribution < -0.4 is 24.8 Å². The van der Waals surface area contributed by atoms with Crippen molar-refractivity contribution in [3.05, 3.63) is 175 Å². The summed E-state index contributed by atoms with van der Waals surface area (Å²) in [5.41, 5.74) is 2.89. The van der Waals surface area contributed by atoms with E-state index in [1.807, 2.05) is 12.2 Å². The van der Waals surface area contributed by atoms with Gasteiger partial charge in [-0.15, -0.1) is 46.2 Å². The molecule has 44 heavy (non-hydrogen) atoms. The maximum absolute atomic E-state index is 2.99. The smallest absolute Gasteiger partial charge is 0.0771 e. The maximum Gasteiger partial charge on any atom is -0.0771 e. The van der Waals surface area contributed by atoms with E-state index in [9.17, 15) is 0 Å². The first-order valence-electron chi connectivity index (χ1n) is 14.5. The molecule has 1 aliphatic carbocycles. The topological polar surface area (TPSA) is 0 Å². The van der Waals surface area contributed by atoms with Gasteiger partial charge >= 0.3 is 158 Å². The normalized spacial score (nSPS) is 11.3. The van der Waals surface area contributed by atoms with E-state index in [1.165, 1.54) is 78.5 Å². The molecule has 7 aromatic rings. The summed E-state index contributed by atoms with van der Waals surface area (Å²) in [6.07, 6.45) is 12.1. The molecule has 0 atom stereocenters. The third-order valence-electron chi connectivity index (χ3n) is 7.68. The molecule has 1 aliphatic rings. The summed E-state index contributed by atoms with van der Waals surface area (Å²) in [5, 5.41) is 10.8. The molecule has 0 saturated carbocycles. The van der Waals surface area contributed by atoms with E-state index in [4.69, 9.17) is 0 Å². The van der Waals surface area contributed by atoms with Gasteiger partial charge in [-0.1, -0.05) is 36.4 Å². The third-order valence-corrected chi connectivity index (χ3v) is 8.55. The number of hydrogen-bond donors (Lipinski definition) is 0. The van der Waals surface area contributed by atoms with E-state index in [1.54, 1.807) is 3.21 Å².